The molecule has 1 aromatic rings. The van der Waals surface area contributed by atoms with Crippen LogP contribution in [0.5, 0.6) is 0 Å². The van der Waals surface area contributed by atoms with E-state index in [4.69, 9.17) is 4.74 Å². The van der Waals surface area contributed by atoms with Crippen molar-refractivity contribution < 1.29 is 14.6 Å². The Morgan fingerprint density at radius 1 is 1.44 bits per heavy atom. The predicted molar refractivity (Wildman–Crippen MR) is 71.1 cm³/mol. The Morgan fingerprint density at radius 2 is 2.11 bits per heavy atom. The molecule has 0 aromatic heterocycles. The minimum absolute atomic E-state index is 0.0837. The van der Waals surface area contributed by atoms with Gasteiger partial charge in [0.15, 0.2) is 0 Å². The molecule has 0 aliphatic carbocycles. The maximum Gasteiger partial charge on any atom is 0.336 e. The van der Waals surface area contributed by atoms with E-state index in [1.807, 2.05) is 32.0 Å². The lowest BCUT2D eigenvalue weighted by Gasteiger charge is -2.15. The monoisotopic (exact) mass is 248 g/mol. The number of ether oxygens (including phenoxy) is 1. The number of carbonyl (C=O) groups excluding carboxylic acids is 1. The molecule has 0 fully saturated rings. The molecule has 0 bridgehead atoms. The minimum Gasteiger partial charge on any atom is -0.462 e. The molecule has 3 nitrogen and oxygen atoms in total. The number of aliphatic hydroxyl groups is 1. The van der Waals surface area contributed by atoms with Crippen molar-refractivity contribution in [1.82, 2.24) is 0 Å². The van der Waals surface area contributed by atoms with E-state index in [0.29, 0.717) is 12.2 Å². The second-order valence-electron chi connectivity index (χ2n) is 4.27. The van der Waals surface area contributed by atoms with Crippen LogP contribution in [0.25, 0.3) is 0 Å². The zero-order chi connectivity index (χ0) is 13.5. The normalized spacial score (nSPS) is 11.9. The third kappa shape index (κ3) is 3.70. The Balaban J connectivity index is 2.67. The molecule has 0 aliphatic heterocycles. The molecule has 1 aromatic carbocycles. The summed E-state index contributed by atoms with van der Waals surface area (Å²) in [7, 11) is 0. The van der Waals surface area contributed by atoms with Gasteiger partial charge in [0.05, 0.1) is 12.2 Å². The molecule has 1 N–H and O–H groups in total. The quantitative estimate of drug-likeness (QED) is 0.478. The zero-order valence-electron chi connectivity index (χ0n) is 11.0. The van der Waals surface area contributed by atoms with Gasteiger partial charge in [-0.15, -0.1) is 0 Å². The maximum absolute atomic E-state index is 11.7. The number of benzene rings is 1. The Morgan fingerprint density at radius 3 is 2.72 bits per heavy atom. The molecule has 0 saturated carbocycles. The molecule has 0 heterocycles. The van der Waals surface area contributed by atoms with Gasteiger partial charge < -0.3 is 9.84 Å². The largest absolute Gasteiger partial charge is 0.462 e. The maximum atomic E-state index is 11.7. The van der Waals surface area contributed by atoms with E-state index in [1.165, 1.54) is 0 Å². The first-order valence-corrected chi connectivity index (χ1v) is 6.17. The van der Waals surface area contributed by atoms with Gasteiger partial charge in [0.2, 0.25) is 0 Å². The molecule has 98 valence electrons. The van der Waals surface area contributed by atoms with Crippen LogP contribution in [-0.4, -0.2) is 17.7 Å². The van der Waals surface area contributed by atoms with Crippen LogP contribution < -0.4 is 0 Å². The summed E-state index contributed by atoms with van der Waals surface area (Å²) in [5.41, 5.74) is 1.70. The van der Waals surface area contributed by atoms with E-state index in [2.05, 4.69) is 6.58 Å². The van der Waals surface area contributed by atoms with E-state index in [0.717, 1.165) is 18.4 Å². The Labute approximate surface area is 108 Å². The highest BCUT2D eigenvalue weighted by molar-refractivity contribution is 5.89. The third-order valence-corrected chi connectivity index (χ3v) is 2.81. The van der Waals surface area contributed by atoms with Crippen LogP contribution in [0.15, 0.2) is 36.4 Å². The highest BCUT2D eigenvalue weighted by Gasteiger charge is 2.20. The Hall–Kier alpha value is -1.61. The number of esters is 1. The molecule has 0 radical (unpaired) electrons. The Kier molecular flexibility index (Phi) is 5.59. The van der Waals surface area contributed by atoms with Crippen LogP contribution in [-0.2, 0) is 9.53 Å². The van der Waals surface area contributed by atoms with Crippen LogP contribution in [0.3, 0.4) is 0 Å². The topological polar surface area (TPSA) is 46.5 Å². The standard InChI is InChI=1S/C15H20O3/c1-4-5-10-18-15(17)12(3)14(16)13-9-7-6-8-11(13)2/h6-9,14,16H,3-5,10H2,1-2H3. The molecule has 3 heteroatoms. The van der Waals surface area contributed by atoms with E-state index in [-0.39, 0.29) is 5.57 Å². The molecule has 18 heavy (non-hydrogen) atoms. The van der Waals surface area contributed by atoms with Gasteiger partial charge in [-0.1, -0.05) is 44.2 Å². The smallest absolute Gasteiger partial charge is 0.336 e. The number of aryl methyl sites for hydroxylation is 1. The second-order valence-corrected chi connectivity index (χ2v) is 4.27. The Bertz CT molecular complexity index is 424. The molecule has 0 amide bonds. The van der Waals surface area contributed by atoms with Gasteiger partial charge in [-0.25, -0.2) is 4.79 Å². The molecular formula is C15H20O3. The summed E-state index contributed by atoms with van der Waals surface area (Å²) in [5.74, 6) is -0.529. The SMILES string of the molecule is C=C(C(=O)OCCCC)C(O)c1ccccc1C. The zero-order valence-corrected chi connectivity index (χ0v) is 11.0. The van der Waals surface area contributed by atoms with Crippen molar-refractivity contribution in [1.29, 1.82) is 0 Å². The summed E-state index contributed by atoms with van der Waals surface area (Å²) >= 11 is 0. The number of hydrogen-bond donors (Lipinski definition) is 1. The van der Waals surface area contributed by atoms with Gasteiger partial charge in [-0.2, -0.15) is 0 Å². The predicted octanol–water partition coefficient (Wildman–Crippen LogP) is 2.93. The summed E-state index contributed by atoms with van der Waals surface area (Å²) in [4.78, 5) is 11.7. The van der Waals surface area contributed by atoms with Crippen LogP contribution >= 0.6 is 0 Å². The highest BCUT2D eigenvalue weighted by atomic mass is 16.5. The highest BCUT2D eigenvalue weighted by Crippen LogP contribution is 2.24. The van der Waals surface area contributed by atoms with Crippen LogP contribution in [0.2, 0.25) is 0 Å². The first-order chi connectivity index (χ1) is 8.57. The van der Waals surface area contributed by atoms with E-state index < -0.39 is 12.1 Å². The fourth-order valence-electron chi connectivity index (χ4n) is 1.59. The van der Waals surface area contributed by atoms with Crippen molar-refractivity contribution in [3.63, 3.8) is 0 Å². The van der Waals surface area contributed by atoms with E-state index >= 15 is 0 Å². The van der Waals surface area contributed by atoms with Gasteiger partial charge in [0.1, 0.15) is 6.10 Å². The fourth-order valence-corrected chi connectivity index (χ4v) is 1.59. The van der Waals surface area contributed by atoms with E-state index in [1.54, 1.807) is 6.07 Å². The van der Waals surface area contributed by atoms with Crippen LogP contribution in [0.4, 0.5) is 0 Å². The fraction of sp³-hybridized carbons (Fsp3) is 0.400. The number of rotatable bonds is 6. The number of carbonyl (C=O) groups is 1. The van der Waals surface area contributed by atoms with E-state index in [9.17, 15) is 9.90 Å². The number of aliphatic hydroxyl groups excluding tert-OH is 1. The van der Waals surface area contributed by atoms with Crippen molar-refractivity contribution in [2.24, 2.45) is 0 Å². The lowest BCUT2D eigenvalue weighted by Crippen LogP contribution is -2.15. The lowest BCUT2D eigenvalue weighted by molar-refractivity contribution is -0.140. The summed E-state index contributed by atoms with van der Waals surface area (Å²) in [6.07, 6.45) is 0.778. The van der Waals surface area contributed by atoms with Crippen molar-refractivity contribution in [2.45, 2.75) is 32.8 Å². The van der Waals surface area contributed by atoms with Crippen LogP contribution in [0, 0.1) is 6.92 Å². The summed E-state index contributed by atoms with van der Waals surface area (Å²) < 4.78 is 5.03. The molecular weight excluding hydrogens is 228 g/mol. The summed E-state index contributed by atoms with van der Waals surface area (Å²) in [5, 5.41) is 10.1. The van der Waals surface area contributed by atoms with Gasteiger partial charge >= 0.3 is 5.97 Å². The van der Waals surface area contributed by atoms with Crippen molar-refractivity contribution in [2.75, 3.05) is 6.61 Å². The minimum atomic E-state index is -1.000. The van der Waals surface area contributed by atoms with Gasteiger partial charge in [0.25, 0.3) is 0 Å². The molecule has 1 atom stereocenters. The van der Waals surface area contributed by atoms with Crippen molar-refractivity contribution in [3.05, 3.63) is 47.5 Å². The lowest BCUT2D eigenvalue weighted by atomic mass is 9.98. The molecule has 0 spiro atoms. The first kappa shape index (κ1) is 14.5. The molecule has 1 rings (SSSR count). The van der Waals surface area contributed by atoms with Gasteiger partial charge in [0, 0.05) is 0 Å². The number of unbranched alkanes of at least 4 members (excludes halogenated alkanes) is 1. The molecule has 0 aliphatic rings. The first-order valence-electron chi connectivity index (χ1n) is 6.17. The average Bonchev–Trinajstić information content (AvgIpc) is 2.38. The molecule has 1 unspecified atom stereocenters. The van der Waals surface area contributed by atoms with Gasteiger partial charge in [-0.05, 0) is 24.5 Å². The molecule has 0 saturated heterocycles. The third-order valence-electron chi connectivity index (χ3n) is 2.81. The summed E-state index contributed by atoms with van der Waals surface area (Å²) in [6.45, 7) is 7.90. The van der Waals surface area contributed by atoms with Gasteiger partial charge in [-0.3, -0.25) is 0 Å². The number of hydrogen-bond acceptors (Lipinski definition) is 3. The second kappa shape index (κ2) is 6.97. The van der Waals surface area contributed by atoms with Crippen LogP contribution in [0.1, 0.15) is 37.0 Å². The van der Waals surface area contributed by atoms with Crippen molar-refractivity contribution in [3.8, 4) is 0 Å². The van der Waals surface area contributed by atoms with Crippen molar-refractivity contribution >= 4 is 5.97 Å². The average molecular weight is 248 g/mol. The summed E-state index contributed by atoms with van der Waals surface area (Å²) in [6, 6.07) is 7.37.